The molecule has 0 bridgehead atoms. The lowest BCUT2D eigenvalue weighted by atomic mass is 10.2. The molecule has 2 aromatic carbocycles. The second kappa shape index (κ2) is 8.44. The first-order valence-corrected chi connectivity index (χ1v) is 8.62. The number of fused-ring (bicyclic) bond motifs is 1. The van der Waals surface area contributed by atoms with Crippen LogP contribution in [0.25, 0.3) is 0 Å². The standard InChI is InChI=1S/C20H22N2O5/c1-22(2)15-9-7-14(8-10-15)20(24)26-13-19(23)21-11-16-12-25-17-5-3-4-6-18(17)27-16/h3-10,16H,11-13H2,1-2H3,(H,21,23)/t16-/m1/s1. The fourth-order valence-corrected chi connectivity index (χ4v) is 2.55. The minimum absolute atomic E-state index is 0.266. The van der Waals surface area contributed by atoms with Crippen LogP contribution in [-0.2, 0) is 9.53 Å². The number of nitrogens with zero attached hydrogens (tertiary/aromatic N) is 1. The first-order valence-electron chi connectivity index (χ1n) is 8.62. The second-order valence-corrected chi connectivity index (χ2v) is 6.32. The number of amides is 1. The number of esters is 1. The Morgan fingerprint density at radius 1 is 1.11 bits per heavy atom. The zero-order chi connectivity index (χ0) is 19.2. The summed E-state index contributed by atoms with van der Waals surface area (Å²) in [6.07, 6.45) is -0.293. The maximum atomic E-state index is 12.0. The number of benzene rings is 2. The van der Waals surface area contributed by atoms with Crippen molar-refractivity contribution in [3.63, 3.8) is 0 Å². The van der Waals surface area contributed by atoms with Crippen molar-refractivity contribution in [2.45, 2.75) is 6.10 Å². The molecule has 1 aliphatic heterocycles. The van der Waals surface area contributed by atoms with Crippen LogP contribution in [0.5, 0.6) is 11.5 Å². The number of hydrogen-bond donors (Lipinski definition) is 1. The third-order valence-corrected chi connectivity index (χ3v) is 4.05. The van der Waals surface area contributed by atoms with Crippen molar-refractivity contribution in [3.8, 4) is 11.5 Å². The van der Waals surface area contributed by atoms with Crippen LogP contribution in [0.2, 0.25) is 0 Å². The number of rotatable bonds is 6. The number of carbonyl (C=O) groups excluding carboxylic acids is 2. The van der Waals surface area contributed by atoms with Crippen LogP contribution >= 0.6 is 0 Å². The van der Waals surface area contributed by atoms with Crippen molar-refractivity contribution in [1.29, 1.82) is 0 Å². The number of anilines is 1. The SMILES string of the molecule is CN(C)c1ccc(C(=O)OCC(=O)NC[C@@H]2COc3ccccc3O2)cc1. The minimum atomic E-state index is -0.540. The highest BCUT2D eigenvalue weighted by Crippen LogP contribution is 2.30. The van der Waals surface area contributed by atoms with E-state index in [4.69, 9.17) is 14.2 Å². The first kappa shape index (κ1) is 18.6. The van der Waals surface area contributed by atoms with Gasteiger partial charge in [-0.25, -0.2) is 4.79 Å². The molecule has 0 spiro atoms. The number of para-hydroxylation sites is 2. The predicted molar refractivity (Wildman–Crippen MR) is 100 cm³/mol. The Morgan fingerprint density at radius 2 is 1.81 bits per heavy atom. The van der Waals surface area contributed by atoms with Crippen molar-refractivity contribution in [3.05, 3.63) is 54.1 Å². The number of hydrogen-bond acceptors (Lipinski definition) is 6. The molecule has 0 saturated carbocycles. The molecule has 7 nitrogen and oxygen atoms in total. The van der Waals surface area contributed by atoms with E-state index in [0.29, 0.717) is 23.7 Å². The van der Waals surface area contributed by atoms with Gasteiger partial charge in [-0.3, -0.25) is 4.79 Å². The smallest absolute Gasteiger partial charge is 0.338 e. The summed E-state index contributed by atoms with van der Waals surface area (Å²) in [7, 11) is 3.83. The van der Waals surface area contributed by atoms with Crippen LogP contribution in [0.4, 0.5) is 5.69 Å². The summed E-state index contributed by atoms with van der Waals surface area (Å²) >= 11 is 0. The van der Waals surface area contributed by atoms with Gasteiger partial charge in [-0.1, -0.05) is 12.1 Å². The predicted octanol–water partition coefficient (Wildman–Crippen LogP) is 1.87. The van der Waals surface area contributed by atoms with Gasteiger partial charge in [0.15, 0.2) is 18.1 Å². The van der Waals surface area contributed by atoms with Crippen LogP contribution in [0.15, 0.2) is 48.5 Å². The highest BCUT2D eigenvalue weighted by Gasteiger charge is 2.21. The van der Waals surface area contributed by atoms with Gasteiger partial charge >= 0.3 is 5.97 Å². The van der Waals surface area contributed by atoms with E-state index >= 15 is 0 Å². The Labute approximate surface area is 157 Å². The monoisotopic (exact) mass is 370 g/mol. The highest BCUT2D eigenvalue weighted by atomic mass is 16.6. The highest BCUT2D eigenvalue weighted by molar-refractivity contribution is 5.91. The van der Waals surface area contributed by atoms with Gasteiger partial charge in [0, 0.05) is 19.8 Å². The van der Waals surface area contributed by atoms with E-state index in [1.807, 2.05) is 55.4 Å². The quantitative estimate of drug-likeness (QED) is 0.783. The molecule has 0 aromatic heterocycles. The van der Waals surface area contributed by atoms with Crippen LogP contribution in [0.1, 0.15) is 10.4 Å². The van der Waals surface area contributed by atoms with E-state index in [1.165, 1.54) is 0 Å². The molecule has 0 unspecified atom stereocenters. The summed E-state index contributed by atoms with van der Waals surface area (Å²) in [6, 6.07) is 14.3. The molecule has 142 valence electrons. The lowest BCUT2D eigenvalue weighted by Gasteiger charge is -2.26. The van der Waals surface area contributed by atoms with E-state index in [1.54, 1.807) is 12.1 Å². The van der Waals surface area contributed by atoms with Gasteiger partial charge < -0.3 is 24.4 Å². The fraction of sp³-hybridized carbons (Fsp3) is 0.300. The normalized spacial score (nSPS) is 15.0. The van der Waals surface area contributed by atoms with Crippen LogP contribution in [0, 0.1) is 0 Å². The average Bonchev–Trinajstić information content (AvgIpc) is 2.70. The number of carbonyl (C=O) groups is 2. The van der Waals surface area contributed by atoms with Crippen molar-refractivity contribution in [1.82, 2.24) is 5.32 Å². The van der Waals surface area contributed by atoms with E-state index < -0.39 is 11.9 Å². The van der Waals surface area contributed by atoms with Gasteiger partial charge in [-0.05, 0) is 36.4 Å². The summed E-state index contributed by atoms with van der Waals surface area (Å²) in [4.78, 5) is 25.9. The molecule has 0 aliphatic carbocycles. The van der Waals surface area contributed by atoms with Gasteiger partial charge in [0.25, 0.3) is 5.91 Å². The second-order valence-electron chi connectivity index (χ2n) is 6.32. The first-order chi connectivity index (χ1) is 13.0. The van der Waals surface area contributed by atoms with Crippen LogP contribution in [-0.4, -0.2) is 51.8 Å². The Hall–Kier alpha value is -3.22. The summed E-state index contributed by atoms with van der Waals surface area (Å²) in [6.45, 7) is 0.260. The topological polar surface area (TPSA) is 77.1 Å². The van der Waals surface area contributed by atoms with Crippen LogP contribution < -0.4 is 19.7 Å². The molecular weight excluding hydrogens is 348 g/mol. The van der Waals surface area contributed by atoms with Gasteiger partial charge in [-0.15, -0.1) is 0 Å². The number of nitrogens with one attached hydrogen (secondary N) is 1. The summed E-state index contributed by atoms with van der Waals surface area (Å²) in [5.41, 5.74) is 1.37. The Kier molecular flexibility index (Phi) is 5.80. The molecule has 1 N–H and O–H groups in total. The molecule has 1 amide bonds. The zero-order valence-electron chi connectivity index (χ0n) is 15.3. The molecule has 2 aromatic rings. The van der Waals surface area contributed by atoms with Gasteiger partial charge in [-0.2, -0.15) is 0 Å². The van der Waals surface area contributed by atoms with Crippen LogP contribution in [0.3, 0.4) is 0 Å². The summed E-state index contributed by atoms with van der Waals surface area (Å²) in [5.74, 6) is 0.405. The lowest BCUT2D eigenvalue weighted by Crippen LogP contribution is -2.42. The minimum Gasteiger partial charge on any atom is -0.486 e. The molecule has 7 heteroatoms. The van der Waals surface area contributed by atoms with E-state index in [2.05, 4.69) is 5.32 Å². The Balaban J connectivity index is 1.41. The molecule has 1 aliphatic rings. The van der Waals surface area contributed by atoms with Crippen molar-refractivity contribution in [2.75, 3.05) is 38.8 Å². The third-order valence-electron chi connectivity index (χ3n) is 4.05. The fourth-order valence-electron chi connectivity index (χ4n) is 2.55. The van der Waals surface area contributed by atoms with Gasteiger partial charge in [0.2, 0.25) is 0 Å². The maximum absolute atomic E-state index is 12.0. The molecule has 27 heavy (non-hydrogen) atoms. The molecule has 1 atom stereocenters. The lowest BCUT2D eigenvalue weighted by molar-refractivity contribution is -0.124. The summed E-state index contributed by atoms with van der Waals surface area (Å²) < 4.78 is 16.4. The van der Waals surface area contributed by atoms with Gasteiger partial charge in [0.1, 0.15) is 12.7 Å². The van der Waals surface area contributed by atoms with Gasteiger partial charge in [0.05, 0.1) is 12.1 Å². The molecular formula is C20H22N2O5. The van der Waals surface area contributed by atoms with Crippen molar-refractivity contribution in [2.24, 2.45) is 0 Å². The van der Waals surface area contributed by atoms with Crippen molar-refractivity contribution >= 4 is 17.6 Å². The molecule has 0 saturated heterocycles. The molecule has 0 radical (unpaired) electrons. The third kappa shape index (κ3) is 4.91. The average molecular weight is 370 g/mol. The Bertz CT molecular complexity index is 804. The molecule has 1 heterocycles. The zero-order valence-corrected chi connectivity index (χ0v) is 15.3. The van der Waals surface area contributed by atoms with E-state index in [0.717, 1.165) is 5.69 Å². The molecule has 3 rings (SSSR count). The van der Waals surface area contributed by atoms with E-state index in [-0.39, 0.29) is 19.3 Å². The van der Waals surface area contributed by atoms with E-state index in [9.17, 15) is 9.59 Å². The number of ether oxygens (including phenoxy) is 3. The summed E-state index contributed by atoms with van der Waals surface area (Å²) in [5, 5.41) is 2.69. The Morgan fingerprint density at radius 3 is 2.52 bits per heavy atom. The molecule has 0 fully saturated rings. The maximum Gasteiger partial charge on any atom is 0.338 e. The largest absolute Gasteiger partial charge is 0.486 e. The van der Waals surface area contributed by atoms with Crippen molar-refractivity contribution < 1.29 is 23.8 Å².